The molecule has 0 saturated carbocycles. The Morgan fingerprint density at radius 2 is 2.14 bits per heavy atom. The molecule has 152 valence electrons. The number of aromatic nitrogens is 3. The molecule has 1 N–H and O–H groups in total. The first kappa shape index (κ1) is 19.6. The first-order valence-electron chi connectivity index (χ1n) is 9.19. The van der Waals surface area contributed by atoms with Gasteiger partial charge in [0, 0.05) is 11.3 Å². The minimum absolute atomic E-state index is 0.185. The van der Waals surface area contributed by atoms with Crippen LogP contribution in [0.2, 0.25) is 5.02 Å². The fraction of sp³-hybridized carbons (Fsp3) is 0.350. The lowest BCUT2D eigenvalue weighted by Crippen LogP contribution is -2.37. The van der Waals surface area contributed by atoms with Crippen LogP contribution >= 0.6 is 11.6 Å². The molecule has 3 heterocycles. The zero-order valence-electron chi connectivity index (χ0n) is 16.0. The maximum atomic E-state index is 13.0. The van der Waals surface area contributed by atoms with E-state index in [1.54, 1.807) is 42.1 Å². The van der Waals surface area contributed by atoms with Crippen molar-refractivity contribution in [1.29, 1.82) is 0 Å². The van der Waals surface area contributed by atoms with Crippen LogP contribution in [0.1, 0.15) is 23.0 Å². The summed E-state index contributed by atoms with van der Waals surface area (Å²) in [5, 5.41) is 18.5. The molecule has 2 aromatic heterocycles. The number of hydrogen-bond acceptors (Lipinski definition) is 7. The Labute approximate surface area is 172 Å². The van der Waals surface area contributed by atoms with Crippen LogP contribution in [0, 0.1) is 6.92 Å². The van der Waals surface area contributed by atoms with Gasteiger partial charge < -0.3 is 19.1 Å². The Kier molecular flexibility index (Phi) is 5.40. The quantitative estimate of drug-likeness (QED) is 0.615. The molecule has 0 bridgehead atoms. The lowest BCUT2D eigenvalue weighted by atomic mass is 10.0. The number of carbonyl (C=O) groups excluding carboxylic acids is 1. The first-order chi connectivity index (χ1) is 14.0. The third kappa shape index (κ3) is 3.78. The molecule has 29 heavy (non-hydrogen) atoms. The molecule has 1 aliphatic heterocycles. The van der Waals surface area contributed by atoms with Crippen molar-refractivity contribution in [1.82, 2.24) is 14.9 Å². The van der Waals surface area contributed by atoms with Gasteiger partial charge in [0.05, 0.1) is 42.6 Å². The van der Waals surface area contributed by atoms with Gasteiger partial charge in [-0.25, -0.2) is 4.79 Å². The molecule has 1 saturated heterocycles. The van der Waals surface area contributed by atoms with Crippen molar-refractivity contribution in [2.45, 2.75) is 32.6 Å². The predicted octanol–water partition coefficient (Wildman–Crippen LogP) is 3.10. The van der Waals surface area contributed by atoms with Gasteiger partial charge in [0.25, 0.3) is 0 Å². The Bertz CT molecular complexity index is 1040. The van der Waals surface area contributed by atoms with Gasteiger partial charge in [0.15, 0.2) is 5.76 Å². The van der Waals surface area contributed by atoms with Gasteiger partial charge in [0.1, 0.15) is 17.4 Å². The molecule has 0 aliphatic carbocycles. The summed E-state index contributed by atoms with van der Waals surface area (Å²) in [7, 11) is 0. The summed E-state index contributed by atoms with van der Waals surface area (Å²) >= 11 is 6.33. The van der Waals surface area contributed by atoms with E-state index < -0.39 is 12.1 Å². The van der Waals surface area contributed by atoms with Crippen molar-refractivity contribution >= 4 is 17.6 Å². The van der Waals surface area contributed by atoms with Crippen LogP contribution in [0.5, 0.6) is 0 Å². The van der Waals surface area contributed by atoms with Crippen LogP contribution in [-0.4, -0.2) is 51.4 Å². The Hall–Kier alpha value is -2.68. The predicted molar refractivity (Wildman–Crippen MR) is 105 cm³/mol. The van der Waals surface area contributed by atoms with Crippen LogP contribution in [0.4, 0.5) is 0 Å². The number of benzene rings is 1. The van der Waals surface area contributed by atoms with Crippen LogP contribution in [0.25, 0.3) is 22.6 Å². The highest BCUT2D eigenvalue weighted by atomic mass is 35.5. The molecule has 8 nitrogen and oxygen atoms in total. The van der Waals surface area contributed by atoms with Gasteiger partial charge in [-0.15, -0.1) is 0 Å². The number of ether oxygens (including phenoxy) is 2. The van der Waals surface area contributed by atoms with Crippen molar-refractivity contribution in [2.75, 3.05) is 13.2 Å². The van der Waals surface area contributed by atoms with Crippen molar-refractivity contribution in [3.05, 3.63) is 46.7 Å². The van der Waals surface area contributed by atoms with Crippen LogP contribution < -0.4 is 0 Å². The maximum absolute atomic E-state index is 13.0. The Balaban J connectivity index is 1.81. The monoisotopic (exact) mass is 417 g/mol. The minimum atomic E-state index is -0.571. The molecule has 1 fully saturated rings. The van der Waals surface area contributed by atoms with Gasteiger partial charge in [-0.05, 0) is 19.9 Å². The number of halogens is 1. The topological polar surface area (TPSA) is 99.6 Å². The zero-order valence-corrected chi connectivity index (χ0v) is 16.7. The molecule has 0 radical (unpaired) electrons. The van der Waals surface area contributed by atoms with Gasteiger partial charge in [-0.3, -0.25) is 4.68 Å². The number of aliphatic hydroxyl groups excluding tert-OH is 1. The highest BCUT2D eigenvalue weighted by Gasteiger charge is 2.32. The third-order valence-corrected chi connectivity index (χ3v) is 5.02. The second kappa shape index (κ2) is 7.98. The van der Waals surface area contributed by atoms with Crippen molar-refractivity contribution in [3.63, 3.8) is 0 Å². The summed E-state index contributed by atoms with van der Waals surface area (Å²) in [6.45, 7) is 4.54. The summed E-state index contributed by atoms with van der Waals surface area (Å²) in [5.41, 5.74) is 2.38. The highest BCUT2D eigenvalue weighted by Crippen LogP contribution is 2.37. The largest absolute Gasteiger partial charge is 0.454 e. The molecular weight excluding hydrogens is 398 g/mol. The molecule has 0 unspecified atom stereocenters. The minimum Gasteiger partial charge on any atom is -0.454 e. The maximum Gasteiger partial charge on any atom is 0.344 e. The van der Waals surface area contributed by atoms with E-state index >= 15 is 0 Å². The van der Waals surface area contributed by atoms with E-state index in [9.17, 15) is 9.90 Å². The lowest BCUT2D eigenvalue weighted by molar-refractivity contribution is -0.103. The molecular formula is C20H20ClN3O5. The normalized spacial score (nSPS) is 15.2. The van der Waals surface area contributed by atoms with E-state index in [1.165, 1.54) is 0 Å². The molecule has 0 amide bonds. The number of rotatable bonds is 6. The van der Waals surface area contributed by atoms with Gasteiger partial charge in [-0.2, -0.15) is 5.10 Å². The number of nitrogens with zero attached hydrogens (tertiary/aromatic N) is 3. The second-order valence-corrected chi connectivity index (χ2v) is 7.36. The summed E-state index contributed by atoms with van der Waals surface area (Å²) in [6, 6.07) is 7.07. The Morgan fingerprint density at radius 3 is 2.79 bits per heavy atom. The number of hydrogen-bond donors (Lipinski definition) is 1. The van der Waals surface area contributed by atoms with E-state index in [0.29, 0.717) is 41.6 Å². The van der Waals surface area contributed by atoms with E-state index in [0.717, 1.165) is 5.69 Å². The second-order valence-electron chi connectivity index (χ2n) is 6.95. The molecule has 0 spiro atoms. The van der Waals surface area contributed by atoms with Crippen molar-refractivity contribution < 1.29 is 23.9 Å². The van der Waals surface area contributed by atoms with E-state index in [-0.39, 0.29) is 17.4 Å². The van der Waals surface area contributed by atoms with Crippen LogP contribution in [0.3, 0.4) is 0 Å². The van der Waals surface area contributed by atoms with Gasteiger partial charge in [0.2, 0.25) is 0 Å². The summed E-state index contributed by atoms with van der Waals surface area (Å²) in [5.74, 6) is -0.313. The lowest BCUT2D eigenvalue weighted by Gasteiger charge is -2.25. The number of aliphatic hydroxyl groups is 1. The average molecular weight is 418 g/mol. The highest BCUT2D eigenvalue weighted by molar-refractivity contribution is 6.33. The molecule has 9 heteroatoms. The summed E-state index contributed by atoms with van der Waals surface area (Å²) in [4.78, 5) is 13.0. The first-order valence-corrected chi connectivity index (χ1v) is 9.57. The smallest absolute Gasteiger partial charge is 0.344 e. The fourth-order valence-corrected chi connectivity index (χ4v) is 3.32. The van der Waals surface area contributed by atoms with E-state index in [4.69, 9.17) is 25.6 Å². The van der Waals surface area contributed by atoms with Crippen molar-refractivity contribution in [3.8, 4) is 22.6 Å². The summed E-state index contributed by atoms with van der Waals surface area (Å²) < 4.78 is 17.9. The average Bonchev–Trinajstić information content (AvgIpc) is 3.22. The van der Waals surface area contributed by atoms with Gasteiger partial charge in [-0.1, -0.05) is 35.0 Å². The fourth-order valence-electron chi connectivity index (χ4n) is 3.10. The molecule has 4 rings (SSSR count). The van der Waals surface area contributed by atoms with E-state index in [2.05, 4.69) is 10.3 Å². The SMILES string of the molecule is Cc1c(-c2onc(-c3ccccc3Cl)c2C(=O)OC2COC2)cnn1C[C@H](C)O. The van der Waals surface area contributed by atoms with E-state index in [1.807, 2.05) is 6.92 Å². The van der Waals surface area contributed by atoms with Gasteiger partial charge >= 0.3 is 5.97 Å². The molecule has 1 aliphatic rings. The molecule has 1 atom stereocenters. The standard InChI is InChI=1S/C20H20ClN3O5/c1-11(25)8-24-12(2)15(7-22-24)19-17(20(26)28-13-9-27-10-13)18(23-29-19)14-5-3-4-6-16(14)21/h3-7,11,13,25H,8-10H2,1-2H3/t11-/m0/s1. The number of carbonyl (C=O) groups is 1. The van der Waals surface area contributed by atoms with Crippen LogP contribution in [-0.2, 0) is 16.0 Å². The van der Waals surface area contributed by atoms with Crippen LogP contribution in [0.15, 0.2) is 35.0 Å². The third-order valence-electron chi connectivity index (χ3n) is 4.69. The summed E-state index contributed by atoms with van der Waals surface area (Å²) in [6.07, 6.45) is 0.707. The zero-order chi connectivity index (χ0) is 20.5. The number of esters is 1. The Morgan fingerprint density at radius 1 is 1.38 bits per heavy atom. The molecule has 3 aromatic rings. The molecule has 1 aromatic carbocycles. The van der Waals surface area contributed by atoms with Crippen molar-refractivity contribution in [2.24, 2.45) is 0 Å².